The van der Waals surface area contributed by atoms with Crippen molar-refractivity contribution in [3.63, 3.8) is 0 Å². The summed E-state index contributed by atoms with van der Waals surface area (Å²) in [6.07, 6.45) is 5.88. The van der Waals surface area contributed by atoms with Gasteiger partial charge in [-0.15, -0.1) is 0 Å². The zero-order valence-electron chi connectivity index (χ0n) is 10.6. The maximum atomic E-state index is 11.9. The van der Waals surface area contributed by atoms with Gasteiger partial charge in [-0.05, 0) is 27.2 Å². The van der Waals surface area contributed by atoms with Gasteiger partial charge in [0.2, 0.25) is 0 Å². The van der Waals surface area contributed by atoms with E-state index in [0.717, 1.165) is 12.0 Å². The number of carbonyl (C=O) groups excluding carboxylic acids is 2. The molecule has 0 saturated heterocycles. The second-order valence-electron chi connectivity index (χ2n) is 4.89. The molecule has 1 N–H and O–H groups in total. The molecule has 0 aromatic carbocycles. The first-order valence-electron chi connectivity index (χ1n) is 5.72. The number of allylic oxidation sites excluding steroid dienone is 2. The maximum Gasteiger partial charge on any atom is 0.336 e. The molecule has 1 rings (SSSR count). The van der Waals surface area contributed by atoms with E-state index in [4.69, 9.17) is 4.74 Å². The first-order valence-corrected chi connectivity index (χ1v) is 5.72. The normalized spacial score (nSPS) is 15.7. The molecule has 1 aliphatic carbocycles. The summed E-state index contributed by atoms with van der Waals surface area (Å²) in [7, 11) is 0. The van der Waals surface area contributed by atoms with Gasteiger partial charge in [0.15, 0.2) is 0 Å². The van der Waals surface area contributed by atoms with E-state index in [0.29, 0.717) is 18.4 Å². The van der Waals surface area contributed by atoms with Gasteiger partial charge in [-0.1, -0.05) is 12.2 Å². The van der Waals surface area contributed by atoms with E-state index in [-0.39, 0.29) is 12.5 Å². The fraction of sp³-hybridized carbons (Fsp3) is 0.538. The largest absolute Gasteiger partial charge is 0.457 e. The van der Waals surface area contributed by atoms with Gasteiger partial charge in [0.05, 0.1) is 12.1 Å². The van der Waals surface area contributed by atoms with Gasteiger partial charge in [0.25, 0.3) is 0 Å². The summed E-state index contributed by atoms with van der Waals surface area (Å²) in [4.78, 5) is 22.3. The summed E-state index contributed by atoms with van der Waals surface area (Å²) in [5, 5.41) is 2.95. The number of rotatable bonds is 4. The zero-order valence-corrected chi connectivity index (χ0v) is 10.6. The average molecular weight is 237 g/mol. The average Bonchev–Trinajstić information content (AvgIpc) is 2.24. The van der Waals surface area contributed by atoms with E-state index in [1.165, 1.54) is 0 Å². The van der Waals surface area contributed by atoms with Crippen LogP contribution in [0.1, 0.15) is 33.6 Å². The van der Waals surface area contributed by atoms with Crippen molar-refractivity contribution in [3.05, 3.63) is 23.4 Å². The number of nitrogens with one attached hydrogen (secondary N) is 1. The number of hydrogen-bond acceptors (Lipinski definition) is 4. The van der Waals surface area contributed by atoms with Gasteiger partial charge in [-0.2, -0.15) is 0 Å². The number of hydrogen-bond donors (Lipinski definition) is 1. The summed E-state index contributed by atoms with van der Waals surface area (Å²) in [6, 6.07) is 0. The highest BCUT2D eigenvalue weighted by Gasteiger charge is 2.22. The molecule has 4 heteroatoms. The van der Waals surface area contributed by atoms with Gasteiger partial charge in [0.1, 0.15) is 11.9 Å². The Balaban J connectivity index is 2.78. The SMILES string of the molecule is CC(C)(C)OC(=O)C1=C(NCC=O)CC=CC1. The first-order chi connectivity index (χ1) is 7.94. The standard InChI is InChI=1S/C13H19NO3/c1-13(2,3)17-12(16)10-6-4-5-7-11(10)14-8-9-15/h4-5,9,14H,6-8H2,1-3H3. The molecule has 1 aliphatic rings. The Morgan fingerprint density at radius 3 is 2.65 bits per heavy atom. The van der Waals surface area contributed by atoms with Crippen molar-refractivity contribution in [2.45, 2.75) is 39.2 Å². The number of ether oxygens (including phenoxy) is 1. The third-order valence-corrected chi connectivity index (χ3v) is 2.22. The van der Waals surface area contributed by atoms with Crippen LogP contribution in [-0.4, -0.2) is 24.4 Å². The Bertz CT molecular complexity index is 361. The molecule has 0 radical (unpaired) electrons. The van der Waals surface area contributed by atoms with Crippen LogP contribution in [0.4, 0.5) is 0 Å². The minimum Gasteiger partial charge on any atom is -0.457 e. The summed E-state index contributed by atoms with van der Waals surface area (Å²) < 4.78 is 5.33. The van der Waals surface area contributed by atoms with E-state index in [1.807, 2.05) is 32.9 Å². The highest BCUT2D eigenvalue weighted by molar-refractivity contribution is 5.90. The van der Waals surface area contributed by atoms with Gasteiger partial charge >= 0.3 is 5.97 Å². The Morgan fingerprint density at radius 2 is 2.06 bits per heavy atom. The van der Waals surface area contributed by atoms with E-state index >= 15 is 0 Å². The molecular weight excluding hydrogens is 218 g/mol. The summed E-state index contributed by atoms with van der Waals surface area (Å²) in [5.74, 6) is -0.310. The van der Waals surface area contributed by atoms with Crippen molar-refractivity contribution in [1.82, 2.24) is 5.32 Å². The van der Waals surface area contributed by atoms with Crippen LogP contribution in [-0.2, 0) is 14.3 Å². The molecule has 0 heterocycles. The molecule has 0 aromatic heterocycles. The molecule has 0 aromatic rings. The highest BCUT2D eigenvalue weighted by Crippen LogP contribution is 2.21. The molecule has 0 saturated carbocycles. The van der Waals surface area contributed by atoms with Gasteiger partial charge in [0, 0.05) is 12.1 Å². The van der Waals surface area contributed by atoms with Gasteiger partial charge in [-0.25, -0.2) is 4.79 Å². The van der Waals surface area contributed by atoms with Crippen molar-refractivity contribution in [1.29, 1.82) is 0 Å². The number of aldehydes is 1. The van der Waals surface area contributed by atoms with E-state index in [1.54, 1.807) is 0 Å². The van der Waals surface area contributed by atoms with Crippen molar-refractivity contribution >= 4 is 12.3 Å². The second-order valence-corrected chi connectivity index (χ2v) is 4.89. The van der Waals surface area contributed by atoms with Crippen LogP contribution in [0.3, 0.4) is 0 Å². The second kappa shape index (κ2) is 5.66. The zero-order chi connectivity index (χ0) is 12.9. The van der Waals surface area contributed by atoms with Gasteiger partial charge in [-0.3, -0.25) is 0 Å². The minimum absolute atomic E-state index is 0.218. The number of carbonyl (C=O) groups is 2. The van der Waals surface area contributed by atoms with Crippen molar-refractivity contribution in [3.8, 4) is 0 Å². The molecule has 0 bridgehead atoms. The van der Waals surface area contributed by atoms with E-state index in [2.05, 4.69) is 5.32 Å². The van der Waals surface area contributed by atoms with E-state index in [9.17, 15) is 9.59 Å². The number of esters is 1. The molecule has 0 aliphatic heterocycles. The van der Waals surface area contributed by atoms with Crippen molar-refractivity contribution in [2.75, 3.05) is 6.54 Å². The molecule has 0 fully saturated rings. The smallest absolute Gasteiger partial charge is 0.336 e. The predicted octanol–water partition coefficient (Wildman–Crippen LogP) is 1.72. The molecule has 17 heavy (non-hydrogen) atoms. The molecule has 0 unspecified atom stereocenters. The van der Waals surface area contributed by atoms with E-state index < -0.39 is 5.60 Å². The maximum absolute atomic E-state index is 11.9. The lowest BCUT2D eigenvalue weighted by molar-refractivity contribution is -0.150. The van der Waals surface area contributed by atoms with Crippen LogP contribution in [0.15, 0.2) is 23.4 Å². The minimum atomic E-state index is -0.499. The van der Waals surface area contributed by atoms with Gasteiger partial charge < -0.3 is 14.8 Å². The fourth-order valence-electron chi connectivity index (χ4n) is 1.54. The Labute approximate surface area is 102 Å². The molecular formula is C13H19NO3. The first kappa shape index (κ1) is 13.5. The molecule has 4 nitrogen and oxygen atoms in total. The molecule has 94 valence electrons. The van der Waals surface area contributed by atoms with Crippen LogP contribution in [0.25, 0.3) is 0 Å². The summed E-state index contributed by atoms with van der Waals surface area (Å²) >= 11 is 0. The highest BCUT2D eigenvalue weighted by atomic mass is 16.6. The Morgan fingerprint density at radius 1 is 1.41 bits per heavy atom. The lowest BCUT2D eigenvalue weighted by atomic mass is 10.0. The lowest BCUT2D eigenvalue weighted by Crippen LogP contribution is -2.28. The van der Waals surface area contributed by atoms with Crippen LogP contribution < -0.4 is 5.32 Å². The van der Waals surface area contributed by atoms with Crippen molar-refractivity contribution in [2.24, 2.45) is 0 Å². The monoisotopic (exact) mass is 237 g/mol. The van der Waals surface area contributed by atoms with Crippen LogP contribution >= 0.6 is 0 Å². The fourth-order valence-corrected chi connectivity index (χ4v) is 1.54. The predicted molar refractivity (Wildman–Crippen MR) is 65.3 cm³/mol. The topological polar surface area (TPSA) is 55.4 Å². The lowest BCUT2D eigenvalue weighted by Gasteiger charge is -2.23. The quantitative estimate of drug-likeness (QED) is 0.459. The third kappa shape index (κ3) is 4.43. The van der Waals surface area contributed by atoms with Crippen molar-refractivity contribution < 1.29 is 14.3 Å². The van der Waals surface area contributed by atoms with Crippen LogP contribution in [0.5, 0.6) is 0 Å². The molecule has 0 amide bonds. The van der Waals surface area contributed by atoms with Crippen LogP contribution in [0, 0.1) is 0 Å². The Kier molecular flexibility index (Phi) is 4.49. The molecule has 0 spiro atoms. The van der Waals surface area contributed by atoms with Crippen LogP contribution in [0.2, 0.25) is 0 Å². The Hall–Kier alpha value is -1.58. The summed E-state index contributed by atoms with van der Waals surface area (Å²) in [6.45, 7) is 5.73. The summed E-state index contributed by atoms with van der Waals surface area (Å²) in [5.41, 5.74) is 0.902. The molecule has 0 atom stereocenters. The third-order valence-electron chi connectivity index (χ3n) is 2.22.